The van der Waals surface area contributed by atoms with E-state index in [1.165, 1.54) is 30.3 Å². The van der Waals surface area contributed by atoms with Crippen LogP contribution in [0.2, 0.25) is 0 Å². The van der Waals surface area contributed by atoms with Gasteiger partial charge < -0.3 is 14.2 Å². The van der Waals surface area contributed by atoms with E-state index in [0.717, 1.165) is 0 Å². The van der Waals surface area contributed by atoms with Crippen molar-refractivity contribution in [3.63, 3.8) is 0 Å². The second-order valence-corrected chi connectivity index (χ2v) is 8.65. The zero-order chi connectivity index (χ0) is 29.8. The number of esters is 2. The minimum atomic E-state index is -6.70. The van der Waals surface area contributed by atoms with E-state index in [9.17, 15) is 61.9 Å². The first kappa shape index (κ1) is 33.1. The van der Waals surface area contributed by atoms with Crippen molar-refractivity contribution in [3.05, 3.63) is 48.0 Å². The zero-order valence-corrected chi connectivity index (χ0v) is 19.2. The molecule has 0 aliphatic rings. The van der Waals surface area contributed by atoms with Crippen LogP contribution in [0, 0.1) is 0 Å². The van der Waals surface area contributed by atoms with Crippen molar-refractivity contribution < 1.29 is 80.7 Å². The molecule has 1 aromatic carbocycles. The molecule has 0 saturated heterocycles. The van der Waals surface area contributed by atoms with Crippen LogP contribution in [-0.4, -0.2) is 60.8 Å². The van der Waals surface area contributed by atoms with Crippen LogP contribution in [0.1, 0.15) is 18.4 Å². The lowest BCUT2D eigenvalue weighted by atomic mass is 10.2. The van der Waals surface area contributed by atoms with Crippen LogP contribution in [0.25, 0.3) is 0 Å². The Balaban J connectivity index is 3.28. The van der Waals surface area contributed by atoms with Gasteiger partial charge in [0.2, 0.25) is 0 Å². The summed E-state index contributed by atoms with van der Waals surface area (Å²) < 4.78 is 175. The molecule has 0 radical (unpaired) electrons. The molecule has 1 N–H and O–H groups in total. The number of alkyl halides is 10. The molecule has 0 heterocycles. The summed E-state index contributed by atoms with van der Waals surface area (Å²) in [5, 5.41) is -6.10. The Bertz CT molecular complexity index is 1120. The standard InChI is InChI=1S/C19H16F10O8S/c1-11(17(22,23)24)13(30)37-16(18(25,26)27,14(31)35-10-12-6-3-2-4-7-12)36-9-5-8-15(20,21)19(28,29)38(32,33)34/h2-4,6-7H,1,5,8-10H2,(H,32,33,34). The molecular formula is C19H16F10O8S. The van der Waals surface area contributed by atoms with Gasteiger partial charge in [0.25, 0.3) is 0 Å². The lowest BCUT2D eigenvalue weighted by Gasteiger charge is -2.33. The minimum Gasteiger partial charge on any atom is -0.456 e. The van der Waals surface area contributed by atoms with Crippen LogP contribution in [0.3, 0.4) is 0 Å². The molecule has 0 aromatic heterocycles. The fourth-order valence-electron chi connectivity index (χ4n) is 2.36. The molecule has 0 amide bonds. The fraction of sp³-hybridized carbons (Fsp3) is 0.474. The third kappa shape index (κ3) is 7.56. The Hall–Kier alpha value is -2.93. The number of carbonyl (C=O) groups is 2. The van der Waals surface area contributed by atoms with Crippen LogP contribution in [-0.2, 0) is 40.5 Å². The summed E-state index contributed by atoms with van der Waals surface area (Å²) in [6, 6.07) is 6.57. The Morgan fingerprint density at radius 3 is 1.89 bits per heavy atom. The van der Waals surface area contributed by atoms with Crippen molar-refractivity contribution in [3.8, 4) is 0 Å². The van der Waals surface area contributed by atoms with E-state index in [1.54, 1.807) is 0 Å². The van der Waals surface area contributed by atoms with Gasteiger partial charge in [-0.05, 0) is 12.0 Å². The number of hydrogen-bond acceptors (Lipinski definition) is 7. The predicted octanol–water partition coefficient (Wildman–Crippen LogP) is 4.56. The summed E-state index contributed by atoms with van der Waals surface area (Å²) in [6.45, 7) is -0.661. The van der Waals surface area contributed by atoms with Crippen molar-refractivity contribution in [2.24, 2.45) is 0 Å². The summed E-state index contributed by atoms with van der Waals surface area (Å²) in [6.07, 6.45) is -15.8. The van der Waals surface area contributed by atoms with Crippen molar-refractivity contribution in [2.45, 2.75) is 48.8 Å². The monoisotopic (exact) mass is 594 g/mol. The SMILES string of the molecule is C=C(C(=O)OC(OCCCC(F)(F)C(F)(F)S(=O)(=O)O)(C(=O)OCc1ccccc1)C(F)(F)F)C(F)(F)F. The van der Waals surface area contributed by atoms with Crippen molar-refractivity contribution in [1.29, 1.82) is 0 Å². The van der Waals surface area contributed by atoms with Crippen LogP contribution < -0.4 is 0 Å². The second kappa shape index (κ2) is 11.4. The van der Waals surface area contributed by atoms with E-state index in [1.807, 2.05) is 0 Å². The fourth-order valence-corrected chi connectivity index (χ4v) is 2.84. The van der Waals surface area contributed by atoms with E-state index >= 15 is 0 Å². The molecule has 8 nitrogen and oxygen atoms in total. The van der Waals surface area contributed by atoms with Gasteiger partial charge in [-0.15, -0.1) is 0 Å². The molecule has 0 aliphatic carbocycles. The Kier molecular flexibility index (Phi) is 9.96. The molecule has 0 bridgehead atoms. The van der Waals surface area contributed by atoms with Gasteiger partial charge in [-0.2, -0.15) is 52.3 Å². The largest absolute Gasteiger partial charge is 0.468 e. The van der Waals surface area contributed by atoms with Crippen molar-refractivity contribution in [1.82, 2.24) is 0 Å². The van der Waals surface area contributed by atoms with Crippen LogP contribution in [0.15, 0.2) is 42.5 Å². The predicted molar refractivity (Wildman–Crippen MR) is 103 cm³/mol. The molecule has 216 valence electrons. The van der Waals surface area contributed by atoms with E-state index < -0.39 is 83.0 Å². The highest BCUT2D eigenvalue weighted by atomic mass is 32.2. The van der Waals surface area contributed by atoms with Gasteiger partial charge >= 0.3 is 51.4 Å². The number of carbonyl (C=O) groups excluding carboxylic acids is 2. The Morgan fingerprint density at radius 1 is 0.921 bits per heavy atom. The summed E-state index contributed by atoms with van der Waals surface area (Å²) in [5.41, 5.74) is -2.53. The van der Waals surface area contributed by atoms with Gasteiger partial charge in [0.15, 0.2) is 0 Å². The van der Waals surface area contributed by atoms with Crippen molar-refractivity contribution >= 4 is 22.1 Å². The van der Waals surface area contributed by atoms with Gasteiger partial charge in [-0.3, -0.25) is 4.55 Å². The van der Waals surface area contributed by atoms with E-state index in [2.05, 4.69) is 20.8 Å². The smallest absolute Gasteiger partial charge is 0.456 e. The number of halogens is 10. The van der Waals surface area contributed by atoms with Gasteiger partial charge in [0.1, 0.15) is 12.2 Å². The summed E-state index contributed by atoms with van der Waals surface area (Å²) in [4.78, 5) is 24.1. The molecule has 0 saturated carbocycles. The molecule has 19 heteroatoms. The highest BCUT2D eigenvalue weighted by Crippen LogP contribution is 2.42. The Labute approximate surface area is 206 Å². The Morgan fingerprint density at radius 2 is 1.45 bits per heavy atom. The number of rotatable bonds is 12. The first-order valence-electron chi connectivity index (χ1n) is 9.63. The molecule has 1 aromatic rings. The van der Waals surface area contributed by atoms with Gasteiger partial charge in [0.05, 0.1) is 6.61 Å². The average Bonchev–Trinajstić information content (AvgIpc) is 2.77. The lowest BCUT2D eigenvalue weighted by molar-refractivity contribution is -0.356. The second-order valence-electron chi connectivity index (χ2n) is 7.19. The summed E-state index contributed by atoms with van der Waals surface area (Å²) >= 11 is 0. The summed E-state index contributed by atoms with van der Waals surface area (Å²) in [5.74, 6) is -16.2. The van der Waals surface area contributed by atoms with E-state index in [-0.39, 0.29) is 5.56 Å². The van der Waals surface area contributed by atoms with E-state index in [4.69, 9.17) is 4.55 Å². The maximum atomic E-state index is 13.9. The molecule has 1 atom stereocenters. The highest BCUT2D eigenvalue weighted by Gasteiger charge is 2.69. The maximum Gasteiger partial charge on any atom is 0.468 e. The number of ether oxygens (including phenoxy) is 3. The maximum absolute atomic E-state index is 13.9. The van der Waals surface area contributed by atoms with Crippen LogP contribution in [0.4, 0.5) is 43.9 Å². The van der Waals surface area contributed by atoms with Gasteiger partial charge in [-0.25, -0.2) is 9.59 Å². The quantitative estimate of drug-likeness (QED) is 0.0936. The molecule has 1 rings (SSSR count). The first-order chi connectivity index (χ1) is 17.0. The average molecular weight is 594 g/mol. The van der Waals surface area contributed by atoms with Crippen LogP contribution >= 0.6 is 0 Å². The first-order valence-corrected chi connectivity index (χ1v) is 11.1. The summed E-state index contributed by atoms with van der Waals surface area (Å²) in [7, 11) is -6.70. The topological polar surface area (TPSA) is 116 Å². The molecular weight excluding hydrogens is 578 g/mol. The molecule has 0 aliphatic heterocycles. The van der Waals surface area contributed by atoms with Gasteiger partial charge in [0, 0.05) is 6.42 Å². The van der Waals surface area contributed by atoms with Crippen molar-refractivity contribution in [2.75, 3.05) is 6.61 Å². The van der Waals surface area contributed by atoms with E-state index in [0.29, 0.717) is 0 Å². The van der Waals surface area contributed by atoms with Crippen LogP contribution in [0.5, 0.6) is 0 Å². The number of benzene rings is 1. The molecule has 0 spiro atoms. The molecule has 1 unspecified atom stereocenters. The normalized spacial score (nSPS) is 14.9. The molecule has 0 fully saturated rings. The highest BCUT2D eigenvalue weighted by molar-refractivity contribution is 7.87. The number of hydrogen-bond donors (Lipinski definition) is 1. The minimum absolute atomic E-state index is 0.0232. The lowest BCUT2D eigenvalue weighted by Crippen LogP contribution is -2.58. The zero-order valence-electron chi connectivity index (χ0n) is 18.4. The third-order valence-corrected chi connectivity index (χ3v) is 5.32. The van der Waals surface area contributed by atoms with Gasteiger partial charge in [-0.1, -0.05) is 36.9 Å². The molecule has 38 heavy (non-hydrogen) atoms. The third-order valence-electron chi connectivity index (χ3n) is 4.37.